The molecule has 0 bridgehead atoms. The maximum Gasteiger partial charge on any atom is 0.243 e. The summed E-state index contributed by atoms with van der Waals surface area (Å²) in [5.41, 5.74) is 0.828. The molecule has 5 aliphatic rings. The summed E-state index contributed by atoms with van der Waals surface area (Å²) in [6.45, 7) is 5.92. The summed E-state index contributed by atoms with van der Waals surface area (Å²) in [7, 11) is 0. The Balaban J connectivity index is 1.51. The van der Waals surface area contributed by atoms with Gasteiger partial charge in [0.2, 0.25) is 5.91 Å². The van der Waals surface area contributed by atoms with E-state index in [9.17, 15) is 4.79 Å². The molecule has 4 unspecified atom stereocenters. The zero-order chi connectivity index (χ0) is 15.2. The molecule has 3 heteroatoms. The zero-order valence-corrected chi connectivity index (χ0v) is 13.7. The maximum absolute atomic E-state index is 11.7. The lowest BCUT2D eigenvalue weighted by molar-refractivity contribution is -0.122. The van der Waals surface area contributed by atoms with Crippen molar-refractivity contribution in [3.8, 4) is 0 Å². The van der Waals surface area contributed by atoms with Crippen LogP contribution < -0.4 is 5.32 Å². The molecule has 4 fully saturated rings. The van der Waals surface area contributed by atoms with Gasteiger partial charge in [0.05, 0.1) is 12.2 Å². The van der Waals surface area contributed by atoms with Crippen molar-refractivity contribution in [2.45, 2.75) is 64.0 Å². The van der Waals surface area contributed by atoms with Crippen LogP contribution in [-0.4, -0.2) is 24.2 Å². The second-order valence-electron chi connectivity index (χ2n) is 8.99. The third-order valence-electron chi connectivity index (χ3n) is 8.47. The molecule has 1 saturated heterocycles. The molecule has 0 aromatic rings. The van der Waals surface area contributed by atoms with Gasteiger partial charge in [-0.1, -0.05) is 19.9 Å². The average molecular weight is 301 g/mol. The van der Waals surface area contributed by atoms with Gasteiger partial charge in [0.1, 0.15) is 0 Å². The van der Waals surface area contributed by atoms with Crippen LogP contribution >= 0.6 is 0 Å². The molecule has 5 rings (SSSR count). The van der Waals surface area contributed by atoms with E-state index in [0.717, 1.165) is 30.8 Å². The molecule has 22 heavy (non-hydrogen) atoms. The number of hydrogen-bond acceptors (Lipinski definition) is 2. The quantitative estimate of drug-likeness (QED) is 0.699. The van der Waals surface area contributed by atoms with Crippen molar-refractivity contribution < 1.29 is 9.53 Å². The largest absolute Gasteiger partial charge is 0.369 e. The summed E-state index contributed by atoms with van der Waals surface area (Å²) in [6.07, 6.45) is 11.7. The number of nitrogens with one attached hydrogen (secondary N) is 1. The van der Waals surface area contributed by atoms with E-state index in [1.165, 1.54) is 32.1 Å². The number of fused-ring (bicyclic) bond motifs is 6. The first-order valence-electron chi connectivity index (χ1n) is 9.12. The monoisotopic (exact) mass is 301 g/mol. The highest BCUT2D eigenvalue weighted by atomic mass is 16.6. The van der Waals surface area contributed by atoms with Crippen LogP contribution in [0.3, 0.4) is 0 Å². The number of carbonyl (C=O) groups excluding carboxylic acids is 1. The van der Waals surface area contributed by atoms with Crippen LogP contribution in [0.25, 0.3) is 0 Å². The first-order valence-corrected chi connectivity index (χ1v) is 9.12. The van der Waals surface area contributed by atoms with Gasteiger partial charge in [0.15, 0.2) is 0 Å². The molecular formula is C19H27NO2. The summed E-state index contributed by atoms with van der Waals surface area (Å²) in [4.78, 5) is 11.7. The standard InChI is InChI=1S/C19H27NO2/c1-17-8-7-16(21)20-15(17)4-3-12-13(17)5-9-18(2)14(12)6-10-19(18)11-22-19/h7-8,12-15H,3-6,9-11H2,1-2H3,(H,20,21)/t12?,13?,14?,15?,17-,18-,19-/m1/s1. The van der Waals surface area contributed by atoms with E-state index in [1.807, 2.05) is 0 Å². The van der Waals surface area contributed by atoms with Crippen molar-refractivity contribution in [3.63, 3.8) is 0 Å². The maximum atomic E-state index is 11.7. The Morgan fingerprint density at radius 3 is 2.68 bits per heavy atom. The highest BCUT2D eigenvalue weighted by Gasteiger charge is 2.69. The molecule has 0 aromatic heterocycles. The SMILES string of the molecule is C[C@]12C=CC(=O)NC1CCC1C2CC[C@]2(C)C1CC[C@@]21CO1. The van der Waals surface area contributed by atoms with Gasteiger partial charge < -0.3 is 10.1 Å². The lowest BCUT2D eigenvalue weighted by Crippen LogP contribution is -2.59. The van der Waals surface area contributed by atoms with E-state index in [0.29, 0.717) is 11.5 Å². The molecule has 2 heterocycles. The van der Waals surface area contributed by atoms with Gasteiger partial charge in [-0.2, -0.15) is 0 Å². The van der Waals surface area contributed by atoms with Crippen LogP contribution in [0.5, 0.6) is 0 Å². The molecule has 1 spiro atoms. The third-order valence-corrected chi connectivity index (χ3v) is 8.47. The van der Waals surface area contributed by atoms with Crippen molar-refractivity contribution in [1.82, 2.24) is 5.32 Å². The highest BCUT2D eigenvalue weighted by molar-refractivity contribution is 5.89. The van der Waals surface area contributed by atoms with Crippen LogP contribution in [0.2, 0.25) is 0 Å². The molecule has 1 amide bonds. The fourth-order valence-electron chi connectivity index (χ4n) is 6.99. The number of rotatable bonds is 0. The Morgan fingerprint density at radius 1 is 1.14 bits per heavy atom. The molecule has 2 aliphatic heterocycles. The first kappa shape index (κ1) is 13.6. The topological polar surface area (TPSA) is 41.6 Å². The highest BCUT2D eigenvalue weighted by Crippen LogP contribution is 2.69. The Hall–Kier alpha value is -0.830. The minimum Gasteiger partial charge on any atom is -0.369 e. The average Bonchev–Trinajstić information content (AvgIpc) is 3.22. The molecule has 7 atom stereocenters. The van der Waals surface area contributed by atoms with Gasteiger partial charge in [0.25, 0.3) is 0 Å². The van der Waals surface area contributed by atoms with Gasteiger partial charge in [-0.3, -0.25) is 4.79 Å². The van der Waals surface area contributed by atoms with Gasteiger partial charge in [-0.05, 0) is 62.4 Å². The van der Waals surface area contributed by atoms with E-state index in [-0.39, 0.29) is 16.9 Å². The van der Waals surface area contributed by atoms with Gasteiger partial charge in [-0.25, -0.2) is 0 Å². The molecular weight excluding hydrogens is 274 g/mol. The lowest BCUT2D eigenvalue weighted by atomic mass is 9.48. The summed E-state index contributed by atoms with van der Waals surface area (Å²) in [5, 5.41) is 3.24. The number of ether oxygens (including phenoxy) is 1. The van der Waals surface area contributed by atoms with Gasteiger partial charge in [0, 0.05) is 16.9 Å². The van der Waals surface area contributed by atoms with Crippen LogP contribution in [-0.2, 0) is 9.53 Å². The molecule has 1 N–H and O–H groups in total. The Morgan fingerprint density at radius 2 is 1.91 bits per heavy atom. The number of hydrogen-bond donors (Lipinski definition) is 1. The van der Waals surface area contributed by atoms with Gasteiger partial charge in [-0.15, -0.1) is 0 Å². The number of epoxide rings is 1. The predicted molar refractivity (Wildman–Crippen MR) is 84.1 cm³/mol. The molecule has 3 saturated carbocycles. The Labute approximate surface area is 132 Å². The number of carbonyl (C=O) groups is 1. The van der Waals surface area contributed by atoms with E-state index >= 15 is 0 Å². The van der Waals surface area contributed by atoms with E-state index in [2.05, 4.69) is 25.2 Å². The first-order chi connectivity index (χ1) is 10.5. The minimum atomic E-state index is 0.104. The van der Waals surface area contributed by atoms with Crippen molar-refractivity contribution in [2.75, 3.05) is 6.61 Å². The minimum absolute atomic E-state index is 0.104. The third kappa shape index (κ3) is 1.45. The molecule has 0 radical (unpaired) electrons. The summed E-state index contributed by atoms with van der Waals surface area (Å²) in [6, 6.07) is 0.350. The van der Waals surface area contributed by atoms with E-state index < -0.39 is 0 Å². The Bertz CT molecular complexity index is 566. The van der Waals surface area contributed by atoms with Crippen LogP contribution in [0, 0.1) is 28.6 Å². The Kier molecular flexibility index (Phi) is 2.46. The van der Waals surface area contributed by atoms with Crippen molar-refractivity contribution >= 4 is 5.91 Å². The summed E-state index contributed by atoms with van der Waals surface area (Å²) in [5.74, 6) is 2.49. The van der Waals surface area contributed by atoms with Crippen molar-refractivity contribution in [2.24, 2.45) is 28.6 Å². The summed E-state index contributed by atoms with van der Waals surface area (Å²) >= 11 is 0. The molecule has 3 nitrogen and oxygen atoms in total. The van der Waals surface area contributed by atoms with Gasteiger partial charge >= 0.3 is 0 Å². The fourth-order valence-corrected chi connectivity index (χ4v) is 6.99. The normalized spacial score (nSPS) is 58.7. The molecule has 3 aliphatic carbocycles. The second-order valence-corrected chi connectivity index (χ2v) is 8.99. The smallest absolute Gasteiger partial charge is 0.243 e. The van der Waals surface area contributed by atoms with Crippen LogP contribution in [0.15, 0.2) is 12.2 Å². The van der Waals surface area contributed by atoms with Crippen LogP contribution in [0.4, 0.5) is 0 Å². The number of amides is 1. The summed E-state index contributed by atoms with van der Waals surface area (Å²) < 4.78 is 5.98. The van der Waals surface area contributed by atoms with Crippen molar-refractivity contribution in [1.29, 1.82) is 0 Å². The van der Waals surface area contributed by atoms with E-state index in [4.69, 9.17) is 4.74 Å². The molecule has 120 valence electrons. The van der Waals surface area contributed by atoms with E-state index in [1.54, 1.807) is 6.08 Å². The predicted octanol–water partition coefficient (Wildman–Crippen LogP) is 3.05. The lowest BCUT2D eigenvalue weighted by Gasteiger charge is -2.58. The second kappa shape index (κ2) is 3.98. The fraction of sp³-hybridized carbons (Fsp3) is 0.842. The zero-order valence-electron chi connectivity index (χ0n) is 13.7. The van der Waals surface area contributed by atoms with Crippen molar-refractivity contribution in [3.05, 3.63) is 12.2 Å². The molecule has 0 aromatic carbocycles. The van der Waals surface area contributed by atoms with Crippen LogP contribution in [0.1, 0.15) is 52.4 Å².